The lowest BCUT2D eigenvalue weighted by Crippen LogP contribution is -2.42. The van der Waals surface area contributed by atoms with Crippen LogP contribution in [0.4, 0.5) is 11.5 Å². The SMILES string of the molecule is CCNC(=O)[C@H]1O[C@@H](n2cnc3c(NCCCCNC(=O)CCCCCCCNS(=O)(=O)c4cccc5c(N(C)C)cccc45)ncnc32)[C@H](O)[C@@H]1O. The number of likely N-dealkylation sites (N-methyl/N-ethyl adjacent to an activating group) is 1. The van der Waals surface area contributed by atoms with Gasteiger partial charge in [0.2, 0.25) is 15.9 Å². The van der Waals surface area contributed by atoms with Crippen LogP contribution in [0, 0.1) is 0 Å². The molecule has 0 saturated carbocycles. The van der Waals surface area contributed by atoms with Crippen molar-refractivity contribution in [3.05, 3.63) is 49.1 Å². The van der Waals surface area contributed by atoms with E-state index in [1.165, 1.54) is 17.2 Å². The Balaban J connectivity index is 0.938. The Morgan fingerprint density at radius 2 is 1.58 bits per heavy atom. The van der Waals surface area contributed by atoms with Crippen LogP contribution in [0.1, 0.15) is 64.5 Å². The van der Waals surface area contributed by atoms with E-state index in [0.717, 1.165) is 56.0 Å². The van der Waals surface area contributed by atoms with Gasteiger partial charge >= 0.3 is 0 Å². The van der Waals surface area contributed by atoms with Gasteiger partial charge in [-0.05, 0) is 44.7 Å². The molecule has 3 heterocycles. The Morgan fingerprint density at radius 3 is 2.38 bits per heavy atom. The minimum Gasteiger partial charge on any atom is -0.387 e. The standard InChI is InChI=1S/C36H51N9O7S/c1-4-37-35(49)32-30(47)31(48)36(52-32)45-23-42-29-33(40-22-41-34(29)45)39-20-11-10-19-38-28(46)18-8-6-5-7-9-21-43-53(50,51)27-17-13-14-24-25(27)15-12-16-26(24)44(2)3/h12-17,22-23,30-32,36,43,47-48H,4-11,18-21H2,1-3H3,(H,37,49)(H,38,46)(H,39,40,41)/t30-,31+,32-,36+/m0/s1. The summed E-state index contributed by atoms with van der Waals surface area (Å²) in [6.45, 7) is 3.59. The number of anilines is 2. The summed E-state index contributed by atoms with van der Waals surface area (Å²) in [5.41, 5.74) is 1.79. The number of aliphatic hydroxyl groups is 2. The first kappa shape index (κ1) is 39.8. The van der Waals surface area contributed by atoms with Crippen molar-refractivity contribution in [2.45, 2.75) is 87.7 Å². The first-order valence-electron chi connectivity index (χ1n) is 18.2. The number of unbranched alkanes of at least 4 members (excludes halogenated alkanes) is 5. The number of sulfonamides is 1. The van der Waals surface area contributed by atoms with Crippen LogP contribution in [0.15, 0.2) is 53.9 Å². The molecule has 6 N–H and O–H groups in total. The van der Waals surface area contributed by atoms with Crippen molar-refractivity contribution in [2.24, 2.45) is 0 Å². The predicted molar refractivity (Wildman–Crippen MR) is 202 cm³/mol. The Kier molecular flexibility index (Phi) is 13.9. The van der Waals surface area contributed by atoms with E-state index in [2.05, 4.69) is 35.6 Å². The molecule has 17 heteroatoms. The van der Waals surface area contributed by atoms with Crippen LogP contribution in [-0.4, -0.2) is 109 Å². The summed E-state index contributed by atoms with van der Waals surface area (Å²) < 4.78 is 36.1. The topological polar surface area (TPSA) is 213 Å². The highest BCUT2D eigenvalue weighted by Crippen LogP contribution is 2.33. The Hall–Kier alpha value is -4.42. The van der Waals surface area contributed by atoms with E-state index >= 15 is 0 Å². The maximum absolute atomic E-state index is 13.1. The third kappa shape index (κ3) is 9.77. The van der Waals surface area contributed by atoms with Gasteiger partial charge in [0, 0.05) is 63.2 Å². The van der Waals surface area contributed by atoms with Gasteiger partial charge in [-0.15, -0.1) is 0 Å². The van der Waals surface area contributed by atoms with E-state index in [1.807, 2.05) is 43.3 Å². The van der Waals surface area contributed by atoms with Gasteiger partial charge < -0.3 is 35.8 Å². The highest BCUT2D eigenvalue weighted by atomic mass is 32.2. The summed E-state index contributed by atoms with van der Waals surface area (Å²) in [5, 5.41) is 31.4. The molecule has 0 aliphatic carbocycles. The first-order chi connectivity index (χ1) is 25.5. The third-order valence-electron chi connectivity index (χ3n) is 9.20. The second kappa shape index (κ2) is 18.6. The molecule has 2 aromatic carbocycles. The summed E-state index contributed by atoms with van der Waals surface area (Å²) in [6.07, 6.45) is 3.89. The number of nitrogens with zero attached hydrogens (tertiary/aromatic N) is 5. The van der Waals surface area contributed by atoms with E-state index in [9.17, 15) is 28.2 Å². The summed E-state index contributed by atoms with van der Waals surface area (Å²) in [7, 11) is 0.221. The van der Waals surface area contributed by atoms with E-state index in [4.69, 9.17) is 4.74 Å². The Morgan fingerprint density at radius 1 is 0.868 bits per heavy atom. The Bertz CT molecular complexity index is 1960. The third-order valence-corrected chi connectivity index (χ3v) is 10.7. The Labute approximate surface area is 309 Å². The lowest BCUT2D eigenvalue weighted by Gasteiger charge is -2.17. The van der Waals surface area contributed by atoms with Crippen LogP contribution in [-0.2, 0) is 24.3 Å². The summed E-state index contributed by atoms with van der Waals surface area (Å²) >= 11 is 0. The summed E-state index contributed by atoms with van der Waals surface area (Å²) in [6, 6.07) is 11.0. The molecular weight excluding hydrogens is 703 g/mol. The van der Waals surface area contributed by atoms with Gasteiger partial charge in [-0.2, -0.15) is 0 Å². The molecule has 4 atom stereocenters. The van der Waals surface area contributed by atoms with Gasteiger partial charge in [0.15, 0.2) is 29.3 Å². The molecule has 4 aromatic rings. The molecule has 1 aliphatic heterocycles. The lowest BCUT2D eigenvalue weighted by atomic mass is 10.1. The number of hydrogen-bond donors (Lipinski definition) is 6. The van der Waals surface area contributed by atoms with Gasteiger partial charge in [-0.3, -0.25) is 14.2 Å². The van der Waals surface area contributed by atoms with Crippen molar-refractivity contribution in [2.75, 3.05) is 50.5 Å². The molecule has 0 bridgehead atoms. The zero-order chi connectivity index (χ0) is 38.0. The number of rotatable bonds is 20. The fourth-order valence-corrected chi connectivity index (χ4v) is 7.73. The second-order valence-corrected chi connectivity index (χ2v) is 15.0. The summed E-state index contributed by atoms with van der Waals surface area (Å²) in [4.78, 5) is 39.8. The van der Waals surface area contributed by atoms with Crippen LogP contribution >= 0.6 is 0 Å². The van der Waals surface area contributed by atoms with E-state index in [0.29, 0.717) is 55.0 Å². The highest BCUT2D eigenvalue weighted by molar-refractivity contribution is 7.89. The van der Waals surface area contributed by atoms with Crippen LogP contribution in [0.3, 0.4) is 0 Å². The molecule has 288 valence electrons. The number of amides is 2. The molecule has 0 spiro atoms. The average Bonchev–Trinajstić information content (AvgIpc) is 3.70. The van der Waals surface area contributed by atoms with Gasteiger partial charge in [-0.1, -0.05) is 43.5 Å². The van der Waals surface area contributed by atoms with E-state index in [1.54, 1.807) is 19.1 Å². The molecular formula is C36H51N9O7S. The van der Waals surface area contributed by atoms with Crippen LogP contribution in [0.2, 0.25) is 0 Å². The number of fused-ring (bicyclic) bond motifs is 2. The monoisotopic (exact) mass is 753 g/mol. The molecule has 16 nitrogen and oxygen atoms in total. The van der Waals surface area contributed by atoms with Crippen LogP contribution in [0.25, 0.3) is 21.9 Å². The van der Waals surface area contributed by atoms with Gasteiger partial charge in [0.1, 0.15) is 18.5 Å². The van der Waals surface area contributed by atoms with Crippen LogP contribution < -0.4 is 25.6 Å². The summed E-state index contributed by atoms with van der Waals surface area (Å²) in [5.74, 6) is -0.00595. The number of nitrogens with one attached hydrogen (secondary N) is 4. The molecule has 53 heavy (non-hydrogen) atoms. The zero-order valence-corrected chi connectivity index (χ0v) is 31.3. The van der Waals surface area contributed by atoms with Crippen molar-refractivity contribution < 1.29 is 33.0 Å². The number of aromatic nitrogens is 4. The quantitative estimate of drug-likeness (QED) is 0.0719. The molecule has 1 aliphatic rings. The molecule has 1 fully saturated rings. The maximum Gasteiger partial charge on any atom is 0.252 e. The predicted octanol–water partition coefficient (Wildman–Crippen LogP) is 2.43. The lowest BCUT2D eigenvalue weighted by molar-refractivity contribution is -0.137. The van der Waals surface area contributed by atoms with Crippen LogP contribution in [0.5, 0.6) is 0 Å². The molecule has 2 amide bonds. The van der Waals surface area contributed by atoms with E-state index in [-0.39, 0.29) is 10.8 Å². The zero-order valence-electron chi connectivity index (χ0n) is 30.5. The highest BCUT2D eigenvalue weighted by Gasteiger charge is 2.47. The average molecular weight is 754 g/mol. The minimum atomic E-state index is -3.65. The minimum absolute atomic E-state index is 0.0112. The fourth-order valence-electron chi connectivity index (χ4n) is 6.44. The number of benzene rings is 2. The second-order valence-electron chi connectivity index (χ2n) is 13.3. The fraction of sp³-hybridized carbons (Fsp3) is 0.528. The van der Waals surface area contributed by atoms with Crippen molar-refractivity contribution in [1.82, 2.24) is 34.9 Å². The smallest absolute Gasteiger partial charge is 0.252 e. The number of hydrogen-bond acceptors (Lipinski definition) is 12. The first-order valence-corrected chi connectivity index (χ1v) is 19.7. The van der Waals surface area contributed by atoms with Crippen molar-refractivity contribution in [3.8, 4) is 0 Å². The molecule has 2 aromatic heterocycles. The van der Waals surface area contributed by atoms with Crippen molar-refractivity contribution in [3.63, 3.8) is 0 Å². The maximum atomic E-state index is 13.1. The molecule has 5 rings (SSSR count). The van der Waals surface area contributed by atoms with Crippen molar-refractivity contribution in [1.29, 1.82) is 0 Å². The normalized spacial score (nSPS) is 18.7. The number of carbonyl (C=O) groups is 2. The van der Waals surface area contributed by atoms with Gasteiger partial charge in [0.25, 0.3) is 5.91 Å². The number of aliphatic hydroxyl groups excluding tert-OH is 2. The molecule has 0 unspecified atom stereocenters. The molecule has 0 radical (unpaired) electrons. The van der Waals surface area contributed by atoms with E-state index < -0.39 is 40.5 Å². The van der Waals surface area contributed by atoms with Crippen molar-refractivity contribution >= 4 is 55.3 Å². The largest absolute Gasteiger partial charge is 0.387 e. The molecule has 1 saturated heterocycles. The number of imidazole rings is 1. The van der Waals surface area contributed by atoms with Gasteiger partial charge in [-0.25, -0.2) is 28.1 Å². The number of carbonyl (C=O) groups excluding carboxylic acids is 2. The number of ether oxygens (including phenoxy) is 1. The van der Waals surface area contributed by atoms with Gasteiger partial charge in [0.05, 0.1) is 11.2 Å².